The summed E-state index contributed by atoms with van der Waals surface area (Å²) in [7, 11) is -6.75. The Kier molecular flexibility index (Phi) is 5.01. The van der Waals surface area contributed by atoms with E-state index in [4.69, 9.17) is 0 Å². The lowest BCUT2D eigenvalue weighted by Crippen LogP contribution is -2.37. The average molecular weight is 373 g/mol. The molecular formula is C16H24N2O4S2. The predicted molar refractivity (Wildman–Crippen MR) is 92.6 cm³/mol. The Morgan fingerprint density at radius 2 is 1.62 bits per heavy atom. The van der Waals surface area contributed by atoms with E-state index in [-0.39, 0.29) is 17.2 Å². The van der Waals surface area contributed by atoms with Crippen LogP contribution in [0.1, 0.15) is 37.3 Å². The molecule has 0 N–H and O–H groups in total. The third-order valence-electron chi connectivity index (χ3n) is 4.87. The van der Waals surface area contributed by atoms with Crippen molar-refractivity contribution in [1.29, 1.82) is 0 Å². The number of sulfonamides is 2. The Morgan fingerprint density at radius 1 is 0.917 bits per heavy atom. The van der Waals surface area contributed by atoms with Crippen molar-refractivity contribution in [3.05, 3.63) is 29.3 Å². The van der Waals surface area contributed by atoms with Gasteiger partial charge in [-0.15, -0.1) is 0 Å². The number of benzene rings is 1. The fraction of sp³-hybridized carbons (Fsp3) is 0.625. The molecule has 2 aliphatic rings. The van der Waals surface area contributed by atoms with Gasteiger partial charge in [0.05, 0.1) is 10.6 Å². The van der Waals surface area contributed by atoms with Crippen LogP contribution in [0.25, 0.3) is 0 Å². The summed E-state index contributed by atoms with van der Waals surface area (Å²) in [6.07, 6.45) is 3.48. The van der Waals surface area contributed by atoms with Crippen molar-refractivity contribution in [2.75, 3.05) is 25.4 Å². The molecule has 3 rings (SSSR count). The molecule has 0 unspecified atom stereocenters. The number of hydrogen-bond acceptors (Lipinski definition) is 4. The largest absolute Gasteiger partial charge is 0.243 e. The first-order valence-electron chi connectivity index (χ1n) is 8.44. The van der Waals surface area contributed by atoms with Gasteiger partial charge in [0.15, 0.2) is 0 Å². The van der Waals surface area contributed by atoms with Gasteiger partial charge >= 0.3 is 0 Å². The van der Waals surface area contributed by atoms with Gasteiger partial charge in [0.25, 0.3) is 0 Å². The second kappa shape index (κ2) is 6.74. The van der Waals surface area contributed by atoms with E-state index in [0.29, 0.717) is 26.1 Å². The van der Waals surface area contributed by atoms with E-state index in [1.54, 1.807) is 23.4 Å². The highest BCUT2D eigenvalue weighted by Crippen LogP contribution is 2.27. The van der Waals surface area contributed by atoms with Crippen LogP contribution in [-0.4, -0.2) is 50.8 Å². The van der Waals surface area contributed by atoms with Crippen molar-refractivity contribution in [1.82, 2.24) is 8.61 Å². The Bertz CT molecular complexity index is 812. The molecule has 0 atom stereocenters. The lowest BCUT2D eigenvalue weighted by Gasteiger charge is -2.29. The third kappa shape index (κ3) is 3.37. The van der Waals surface area contributed by atoms with Crippen LogP contribution in [0, 0.1) is 0 Å². The predicted octanol–water partition coefficient (Wildman–Crippen LogP) is 1.57. The number of piperidine rings is 1. The van der Waals surface area contributed by atoms with Crippen LogP contribution in [-0.2, 0) is 33.0 Å². The van der Waals surface area contributed by atoms with Crippen LogP contribution in [0.5, 0.6) is 0 Å². The topological polar surface area (TPSA) is 74.8 Å². The molecular weight excluding hydrogens is 348 g/mol. The molecule has 0 amide bonds. The van der Waals surface area contributed by atoms with Crippen LogP contribution in [0.3, 0.4) is 0 Å². The second-order valence-corrected chi connectivity index (χ2v) is 10.6. The van der Waals surface area contributed by atoms with Crippen LogP contribution in [0.15, 0.2) is 23.1 Å². The van der Waals surface area contributed by atoms with Crippen LogP contribution in [0.2, 0.25) is 0 Å². The molecule has 0 aliphatic carbocycles. The summed E-state index contributed by atoms with van der Waals surface area (Å²) in [5.74, 6) is 0.0636. The highest BCUT2D eigenvalue weighted by atomic mass is 32.2. The lowest BCUT2D eigenvalue weighted by molar-refractivity contribution is 0.346. The lowest BCUT2D eigenvalue weighted by atomic mass is 10.0. The minimum atomic E-state index is -3.49. The number of fused-ring (bicyclic) bond motifs is 1. The normalized spacial score (nSPS) is 20.7. The van der Waals surface area contributed by atoms with Gasteiger partial charge in [0.2, 0.25) is 20.0 Å². The fourth-order valence-corrected chi connectivity index (χ4v) is 5.98. The molecule has 0 saturated carbocycles. The molecule has 0 radical (unpaired) electrons. The smallest absolute Gasteiger partial charge is 0.212 e. The summed E-state index contributed by atoms with van der Waals surface area (Å²) in [5, 5.41) is 0. The maximum atomic E-state index is 12.8. The Labute approximate surface area is 144 Å². The molecule has 8 heteroatoms. The molecule has 0 bridgehead atoms. The molecule has 24 heavy (non-hydrogen) atoms. The van der Waals surface area contributed by atoms with Crippen LogP contribution >= 0.6 is 0 Å². The summed E-state index contributed by atoms with van der Waals surface area (Å²) >= 11 is 0. The van der Waals surface area contributed by atoms with Gasteiger partial charge in [-0.05, 0) is 49.4 Å². The number of rotatable bonds is 4. The van der Waals surface area contributed by atoms with Crippen LogP contribution in [0.4, 0.5) is 0 Å². The molecule has 2 heterocycles. The molecule has 0 aromatic heterocycles. The maximum absolute atomic E-state index is 12.8. The zero-order valence-electron chi connectivity index (χ0n) is 13.9. The zero-order chi connectivity index (χ0) is 17.4. The molecule has 0 spiro atoms. The van der Waals surface area contributed by atoms with Gasteiger partial charge in [-0.1, -0.05) is 12.5 Å². The number of nitrogens with zero attached hydrogens (tertiary/aromatic N) is 2. The van der Waals surface area contributed by atoms with E-state index in [2.05, 4.69) is 0 Å². The first-order chi connectivity index (χ1) is 11.3. The summed E-state index contributed by atoms with van der Waals surface area (Å²) in [4.78, 5) is 0.277. The summed E-state index contributed by atoms with van der Waals surface area (Å²) in [6, 6.07) is 5.16. The third-order valence-corrected chi connectivity index (χ3v) is 8.59. The Hall–Kier alpha value is -0.960. The molecule has 1 aromatic rings. The second-order valence-electron chi connectivity index (χ2n) is 6.38. The van der Waals surface area contributed by atoms with E-state index in [9.17, 15) is 16.8 Å². The molecule has 134 valence electrons. The van der Waals surface area contributed by atoms with E-state index in [0.717, 1.165) is 30.4 Å². The van der Waals surface area contributed by atoms with E-state index >= 15 is 0 Å². The van der Waals surface area contributed by atoms with Gasteiger partial charge in [-0.2, -0.15) is 8.61 Å². The number of hydrogen-bond donors (Lipinski definition) is 0. The average Bonchev–Trinajstić information content (AvgIpc) is 2.61. The minimum Gasteiger partial charge on any atom is -0.212 e. The molecule has 2 aliphatic heterocycles. The molecule has 1 fully saturated rings. The highest BCUT2D eigenvalue weighted by molar-refractivity contribution is 7.89. The summed E-state index contributed by atoms with van der Waals surface area (Å²) in [5.41, 5.74) is 1.84. The first-order valence-corrected chi connectivity index (χ1v) is 11.5. The van der Waals surface area contributed by atoms with Gasteiger partial charge < -0.3 is 0 Å². The van der Waals surface area contributed by atoms with Gasteiger partial charge in [0.1, 0.15) is 0 Å². The van der Waals surface area contributed by atoms with E-state index in [1.807, 2.05) is 6.07 Å². The zero-order valence-corrected chi connectivity index (χ0v) is 15.6. The highest BCUT2D eigenvalue weighted by Gasteiger charge is 2.29. The SMILES string of the molecule is CCS(=O)(=O)N1CCc2ccc(S(=O)(=O)N3CCCCC3)cc2C1. The van der Waals surface area contributed by atoms with Crippen molar-refractivity contribution in [2.45, 2.75) is 44.0 Å². The minimum absolute atomic E-state index is 0.0636. The molecule has 1 aromatic carbocycles. The summed E-state index contributed by atoms with van der Waals surface area (Å²) in [6.45, 7) is 3.48. The van der Waals surface area contributed by atoms with Crippen LogP contribution < -0.4 is 0 Å². The van der Waals surface area contributed by atoms with Crippen molar-refractivity contribution in [2.24, 2.45) is 0 Å². The maximum Gasteiger partial charge on any atom is 0.243 e. The Balaban J connectivity index is 1.90. The summed E-state index contributed by atoms with van der Waals surface area (Å²) < 4.78 is 52.8. The van der Waals surface area contributed by atoms with E-state index < -0.39 is 20.0 Å². The van der Waals surface area contributed by atoms with Crippen molar-refractivity contribution in [3.63, 3.8) is 0 Å². The standard InChI is InChI=1S/C16H24N2O4S2/c1-2-23(19,20)18-11-8-14-6-7-16(12-15(14)13-18)24(21,22)17-9-4-3-5-10-17/h6-7,12H,2-5,8-11,13H2,1H3. The Morgan fingerprint density at radius 3 is 2.29 bits per heavy atom. The molecule has 6 nitrogen and oxygen atoms in total. The van der Waals surface area contributed by atoms with Crippen molar-refractivity contribution < 1.29 is 16.8 Å². The first kappa shape index (κ1) is 17.8. The monoisotopic (exact) mass is 372 g/mol. The van der Waals surface area contributed by atoms with Crippen molar-refractivity contribution in [3.8, 4) is 0 Å². The van der Waals surface area contributed by atoms with Gasteiger partial charge in [0, 0.05) is 26.2 Å². The van der Waals surface area contributed by atoms with Gasteiger partial charge in [-0.3, -0.25) is 0 Å². The quantitative estimate of drug-likeness (QED) is 0.804. The molecule has 1 saturated heterocycles. The van der Waals surface area contributed by atoms with E-state index in [1.165, 1.54) is 4.31 Å². The van der Waals surface area contributed by atoms with Gasteiger partial charge in [-0.25, -0.2) is 16.8 Å². The fourth-order valence-electron chi connectivity index (χ4n) is 3.34. The van der Waals surface area contributed by atoms with Crippen molar-refractivity contribution >= 4 is 20.0 Å².